The second-order valence-corrected chi connectivity index (χ2v) is 5.54. The summed E-state index contributed by atoms with van der Waals surface area (Å²) in [5.41, 5.74) is 5.53. The fourth-order valence-corrected chi connectivity index (χ4v) is 2.50. The van der Waals surface area contributed by atoms with Crippen molar-refractivity contribution in [3.8, 4) is 0 Å². The Bertz CT molecular complexity index is 401. The van der Waals surface area contributed by atoms with Crippen molar-refractivity contribution in [3.05, 3.63) is 34.7 Å². The topological polar surface area (TPSA) is 65.1 Å². The van der Waals surface area contributed by atoms with Gasteiger partial charge in [0.1, 0.15) is 0 Å². The number of pyridine rings is 1. The summed E-state index contributed by atoms with van der Waals surface area (Å²) in [6, 6.07) is 5.09. The Balaban J connectivity index is 2.38. The minimum Gasteiger partial charge on any atom is -0.328 e. The summed E-state index contributed by atoms with van der Waals surface area (Å²) in [7, 11) is -0.889. The largest absolute Gasteiger partial charge is 0.328 e. The Morgan fingerprint density at radius 2 is 2.19 bits per heavy atom. The van der Waals surface area contributed by atoms with E-state index in [2.05, 4.69) is 0 Å². The van der Waals surface area contributed by atoms with E-state index in [0.29, 0.717) is 18.1 Å². The molecule has 5 heteroatoms. The van der Waals surface area contributed by atoms with Crippen LogP contribution in [-0.2, 0) is 17.3 Å². The molecule has 0 bridgehead atoms. The number of aryl methyl sites for hydroxylation is 1. The van der Waals surface area contributed by atoms with Crippen LogP contribution < -0.4 is 11.3 Å². The first kappa shape index (κ1) is 13.1. The summed E-state index contributed by atoms with van der Waals surface area (Å²) in [6.45, 7) is 2.41. The molecule has 2 N–H and O–H groups in total. The molecule has 2 unspecified atom stereocenters. The molecule has 1 aromatic heterocycles. The third-order valence-electron chi connectivity index (χ3n) is 2.26. The SMILES string of the molecule is CC(N)CCS(=O)CCn1ccccc1=O. The van der Waals surface area contributed by atoms with E-state index in [9.17, 15) is 9.00 Å². The van der Waals surface area contributed by atoms with Gasteiger partial charge >= 0.3 is 0 Å². The molecular formula is C11H18N2O2S. The van der Waals surface area contributed by atoms with Crippen molar-refractivity contribution in [2.24, 2.45) is 5.73 Å². The van der Waals surface area contributed by atoms with Crippen LogP contribution in [0.1, 0.15) is 13.3 Å². The van der Waals surface area contributed by atoms with E-state index in [1.807, 2.05) is 6.92 Å². The second kappa shape index (κ2) is 6.60. The summed E-state index contributed by atoms with van der Waals surface area (Å²) in [5.74, 6) is 1.12. The Labute approximate surface area is 97.9 Å². The molecule has 0 spiro atoms. The van der Waals surface area contributed by atoms with E-state index in [1.54, 1.807) is 22.9 Å². The highest BCUT2D eigenvalue weighted by atomic mass is 32.2. The van der Waals surface area contributed by atoms with Crippen molar-refractivity contribution >= 4 is 10.8 Å². The van der Waals surface area contributed by atoms with Crippen molar-refractivity contribution in [2.75, 3.05) is 11.5 Å². The van der Waals surface area contributed by atoms with Crippen LogP contribution in [0, 0.1) is 0 Å². The van der Waals surface area contributed by atoms with E-state index in [0.717, 1.165) is 6.42 Å². The van der Waals surface area contributed by atoms with Gasteiger partial charge in [-0.05, 0) is 19.4 Å². The zero-order valence-corrected chi connectivity index (χ0v) is 10.3. The normalized spacial score (nSPS) is 14.6. The fraction of sp³-hybridized carbons (Fsp3) is 0.545. The molecule has 0 aromatic carbocycles. The Morgan fingerprint density at radius 1 is 1.44 bits per heavy atom. The van der Waals surface area contributed by atoms with Gasteiger partial charge in [-0.2, -0.15) is 0 Å². The van der Waals surface area contributed by atoms with Crippen molar-refractivity contribution in [3.63, 3.8) is 0 Å². The van der Waals surface area contributed by atoms with Crippen molar-refractivity contribution in [2.45, 2.75) is 25.9 Å². The lowest BCUT2D eigenvalue weighted by Gasteiger charge is -2.06. The van der Waals surface area contributed by atoms with Crippen LogP contribution in [0.15, 0.2) is 29.2 Å². The molecule has 0 radical (unpaired) electrons. The number of nitrogens with two attached hydrogens (primary N) is 1. The van der Waals surface area contributed by atoms with Gasteiger partial charge < -0.3 is 10.3 Å². The lowest BCUT2D eigenvalue weighted by molar-refractivity contribution is 0.656. The zero-order chi connectivity index (χ0) is 12.0. The Morgan fingerprint density at radius 3 is 2.81 bits per heavy atom. The molecule has 0 saturated heterocycles. The maximum absolute atomic E-state index is 11.6. The third-order valence-corrected chi connectivity index (χ3v) is 3.59. The van der Waals surface area contributed by atoms with Crippen LogP contribution in [0.2, 0.25) is 0 Å². The Kier molecular flexibility index (Phi) is 5.42. The van der Waals surface area contributed by atoms with E-state index < -0.39 is 10.8 Å². The zero-order valence-electron chi connectivity index (χ0n) is 9.46. The predicted molar refractivity (Wildman–Crippen MR) is 66.8 cm³/mol. The lowest BCUT2D eigenvalue weighted by atomic mass is 10.3. The summed E-state index contributed by atoms with van der Waals surface area (Å²) < 4.78 is 13.1. The van der Waals surface area contributed by atoms with Gasteiger partial charge in [0, 0.05) is 47.2 Å². The van der Waals surface area contributed by atoms with Crippen LogP contribution in [-0.4, -0.2) is 26.3 Å². The van der Waals surface area contributed by atoms with Gasteiger partial charge in [0.2, 0.25) is 0 Å². The molecule has 0 fully saturated rings. The molecule has 2 atom stereocenters. The second-order valence-electron chi connectivity index (χ2n) is 3.85. The Hall–Kier alpha value is -0.940. The molecule has 4 nitrogen and oxygen atoms in total. The molecule has 1 aromatic rings. The van der Waals surface area contributed by atoms with Crippen LogP contribution in [0.4, 0.5) is 0 Å². The van der Waals surface area contributed by atoms with Gasteiger partial charge in [0.05, 0.1) is 0 Å². The minimum absolute atomic E-state index is 0.0494. The van der Waals surface area contributed by atoms with E-state index in [1.165, 1.54) is 6.07 Å². The average molecular weight is 242 g/mol. The van der Waals surface area contributed by atoms with Crippen molar-refractivity contribution in [1.29, 1.82) is 0 Å². The highest BCUT2D eigenvalue weighted by Crippen LogP contribution is 1.93. The molecule has 1 heterocycles. The van der Waals surface area contributed by atoms with E-state index >= 15 is 0 Å². The summed E-state index contributed by atoms with van der Waals surface area (Å²) >= 11 is 0. The van der Waals surface area contributed by atoms with E-state index in [4.69, 9.17) is 5.73 Å². The quantitative estimate of drug-likeness (QED) is 0.782. The van der Waals surface area contributed by atoms with Crippen molar-refractivity contribution in [1.82, 2.24) is 4.57 Å². The molecule has 0 amide bonds. The molecule has 0 saturated carbocycles. The first-order valence-corrected chi connectivity index (χ1v) is 6.84. The molecular weight excluding hydrogens is 224 g/mol. The molecule has 0 aliphatic heterocycles. The summed E-state index contributed by atoms with van der Waals surface area (Å²) in [5, 5.41) is 0. The van der Waals surface area contributed by atoms with Gasteiger partial charge in [0.25, 0.3) is 5.56 Å². The lowest BCUT2D eigenvalue weighted by Crippen LogP contribution is -2.23. The van der Waals surface area contributed by atoms with Crippen LogP contribution in [0.25, 0.3) is 0 Å². The molecule has 90 valence electrons. The highest BCUT2D eigenvalue weighted by molar-refractivity contribution is 7.84. The molecule has 0 aliphatic carbocycles. The maximum atomic E-state index is 11.6. The van der Waals surface area contributed by atoms with E-state index in [-0.39, 0.29) is 11.6 Å². The van der Waals surface area contributed by atoms with Gasteiger partial charge in [-0.25, -0.2) is 0 Å². The number of hydrogen-bond acceptors (Lipinski definition) is 3. The van der Waals surface area contributed by atoms with Crippen LogP contribution in [0.3, 0.4) is 0 Å². The number of aromatic nitrogens is 1. The third kappa shape index (κ3) is 4.72. The average Bonchev–Trinajstić information content (AvgIpc) is 2.25. The van der Waals surface area contributed by atoms with Gasteiger partial charge in [-0.3, -0.25) is 9.00 Å². The number of nitrogens with zero attached hydrogens (tertiary/aromatic N) is 1. The maximum Gasteiger partial charge on any atom is 0.250 e. The minimum atomic E-state index is -0.889. The highest BCUT2D eigenvalue weighted by Gasteiger charge is 2.03. The monoisotopic (exact) mass is 242 g/mol. The predicted octanol–water partition coefficient (Wildman–Crippen LogP) is 0.334. The molecule has 1 rings (SSSR count). The first-order valence-electron chi connectivity index (χ1n) is 5.35. The fourth-order valence-electron chi connectivity index (χ4n) is 1.26. The summed E-state index contributed by atoms with van der Waals surface area (Å²) in [6.07, 6.45) is 2.47. The molecule has 16 heavy (non-hydrogen) atoms. The van der Waals surface area contributed by atoms with Gasteiger partial charge in [-0.15, -0.1) is 0 Å². The molecule has 0 aliphatic rings. The number of rotatable bonds is 6. The summed E-state index contributed by atoms with van der Waals surface area (Å²) in [4.78, 5) is 11.3. The van der Waals surface area contributed by atoms with Crippen LogP contribution in [0.5, 0.6) is 0 Å². The van der Waals surface area contributed by atoms with Crippen LogP contribution >= 0.6 is 0 Å². The van der Waals surface area contributed by atoms with Crippen molar-refractivity contribution < 1.29 is 4.21 Å². The standard InChI is InChI=1S/C11H18N2O2S/c1-10(12)5-8-16(15)9-7-13-6-3-2-4-11(13)14/h2-4,6,10H,5,7-9,12H2,1H3. The first-order chi connectivity index (χ1) is 7.59. The smallest absolute Gasteiger partial charge is 0.250 e. The number of hydrogen-bond donors (Lipinski definition) is 1. The van der Waals surface area contributed by atoms with Gasteiger partial charge in [0.15, 0.2) is 0 Å². The van der Waals surface area contributed by atoms with Gasteiger partial charge in [-0.1, -0.05) is 6.07 Å².